The lowest BCUT2D eigenvalue weighted by atomic mass is 10.1. The van der Waals surface area contributed by atoms with Gasteiger partial charge in [0, 0.05) is 6.20 Å². The van der Waals surface area contributed by atoms with Gasteiger partial charge in [0.2, 0.25) is 5.88 Å². The highest BCUT2D eigenvalue weighted by molar-refractivity contribution is 6.07. The highest BCUT2D eigenvalue weighted by atomic mass is 16.5. The fourth-order valence-corrected chi connectivity index (χ4v) is 1.15. The molecule has 1 heterocycles. The maximum atomic E-state index is 11.7. The van der Waals surface area contributed by atoms with Crippen LogP contribution in [-0.2, 0) is 9.53 Å². The number of esters is 1. The Morgan fingerprint density at radius 1 is 1.44 bits per heavy atom. The van der Waals surface area contributed by atoms with Crippen LogP contribution in [-0.4, -0.2) is 30.5 Å². The van der Waals surface area contributed by atoms with Crippen LogP contribution in [0.2, 0.25) is 0 Å². The molecule has 0 radical (unpaired) electrons. The molecule has 1 aromatic heterocycles. The second-order valence-corrected chi connectivity index (χ2v) is 2.97. The number of ether oxygens (including phenoxy) is 2. The number of rotatable bonds is 5. The smallest absolute Gasteiger partial charge is 0.313 e. The van der Waals surface area contributed by atoms with Gasteiger partial charge in [0.05, 0.1) is 19.3 Å². The van der Waals surface area contributed by atoms with Gasteiger partial charge in [-0.1, -0.05) is 0 Å². The highest BCUT2D eigenvalue weighted by Crippen LogP contribution is 2.16. The zero-order chi connectivity index (χ0) is 12.0. The summed E-state index contributed by atoms with van der Waals surface area (Å²) < 4.78 is 9.61. The molecule has 16 heavy (non-hydrogen) atoms. The van der Waals surface area contributed by atoms with Gasteiger partial charge in [0.15, 0.2) is 5.78 Å². The maximum Gasteiger partial charge on any atom is 0.313 e. The number of pyridine rings is 1. The van der Waals surface area contributed by atoms with Gasteiger partial charge < -0.3 is 9.47 Å². The zero-order valence-corrected chi connectivity index (χ0v) is 9.23. The highest BCUT2D eigenvalue weighted by Gasteiger charge is 2.16. The van der Waals surface area contributed by atoms with E-state index in [9.17, 15) is 9.59 Å². The molecular formula is C11H13NO4. The molecule has 0 aliphatic rings. The first-order valence-electron chi connectivity index (χ1n) is 4.86. The van der Waals surface area contributed by atoms with Crippen molar-refractivity contribution in [2.24, 2.45) is 0 Å². The molecule has 0 amide bonds. The summed E-state index contributed by atoms with van der Waals surface area (Å²) in [5, 5.41) is 0. The summed E-state index contributed by atoms with van der Waals surface area (Å²) >= 11 is 0. The Morgan fingerprint density at radius 3 is 2.81 bits per heavy atom. The minimum atomic E-state index is -0.573. The van der Waals surface area contributed by atoms with Gasteiger partial charge in [-0.3, -0.25) is 9.59 Å². The third-order valence-corrected chi connectivity index (χ3v) is 1.89. The van der Waals surface area contributed by atoms with Crippen molar-refractivity contribution in [1.29, 1.82) is 0 Å². The third-order valence-electron chi connectivity index (χ3n) is 1.89. The number of aromatic nitrogens is 1. The second kappa shape index (κ2) is 5.85. The molecule has 0 fully saturated rings. The Kier molecular flexibility index (Phi) is 4.44. The van der Waals surface area contributed by atoms with Gasteiger partial charge in [-0.15, -0.1) is 0 Å². The van der Waals surface area contributed by atoms with Crippen molar-refractivity contribution in [2.75, 3.05) is 13.7 Å². The van der Waals surface area contributed by atoms with E-state index in [1.54, 1.807) is 19.1 Å². The fourth-order valence-electron chi connectivity index (χ4n) is 1.15. The molecule has 0 bridgehead atoms. The summed E-state index contributed by atoms with van der Waals surface area (Å²) in [5.41, 5.74) is 0.301. The quantitative estimate of drug-likeness (QED) is 0.426. The van der Waals surface area contributed by atoms with E-state index in [-0.39, 0.29) is 18.1 Å². The number of methoxy groups -OCH3 is 1. The van der Waals surface area contributed by atoms with Gasteiger partial charge in [0.25, 0.3) is 0 Å². The van der Waals surface area contributed by atoms with E-state index >= 15 is 0 Å². The number of carbonyl (C=O) groups excluding carboxylic acids is 2. The van der Waals surface area contributed by atoms with E-state index in [1.165, 1.54) is 13.3 Å². The Balaban J connectivity index is 2.85. The molecule has 0 saturated carbocycles. The lowest BCUT2D eigenvalue weighted by Crippen LogP contribution is -2.11. The summed E-state index contributed by atoms with van der Waals surface area (Å²) in [6, 6.07) is 3.19. The van der Waals surface area contributed by atoms with Gasteiger partial charge in [0.1, 0.15) is 6.42 Å². The van der Waals surface area contributed by atoms with Crippen LogP contribution in [0.25, 0.3) is 0 Å². The molecule has 0 atom stereocenters. The van der Waals surface area contributed by atoms with Crippen molar-refractivity contribution in [2.45, 2.75) is 13.3 Å². The van der Waals surface area contributed by atoms with E-state index in [2.05, 4.69) is 9.72 Å². The minimum absolute atomic E-state index is 0.249. The number of carbonyl (C=O) groups is 2. The van der Waals surface area contributed by atoms with Crippen molar-refractivity contribution < 1.29 is 19.1 Å². The summed E-state index contributed by atoms with van der Waals surface area (Å²) in [5.74, 6) is -0.682. The van der Waals surface area contributed by atoms with Crippen LogP contribution in [0.15, 0.2) is 18.3 Å². The predicted molar refractivity (Wildman–Crippen MR) is 56.4 cm³/mol. The Labute approximate surface area is 93.4 Å². The number of nitrogens with zero attached hydrogens (tertiary/aromatic N) is 1. The van der Waals surface area contributed by atoms with Crippen LogP contribution in [0, 0.1) is 0 Å². The normalized spacial score (nSPS) is 9.62. The average molecular weight is 223 g/mol. The Bertz CT molecular complexity index is 389. The van der Waals surface area contributed by atoms with Crippen LogP contribution in [0.3, 0.4) is 0 Å². The third kappa shape index (κ3) is 3.05. The van der Waals surface area contributed by atoms with Crippen molar-refractivity contribution in [3.05, 3.63) is 23.9 Å². The lowest BCUT2D eigenvalue weighted by Gasteiger charge is -2.06. The minimum Gasteiger partial charge on any atom is -0.477 e. The molecule has 0 aliphatic heterocycles. The first-order valence-corrected chi connectivity index (χ1v) is 4.86. The summed E-state index contributed by atoms with van der Waals surface area (Å²) in [4.78, 5) is 26.6. The first kappa shape index (κ1) is 12.2. The molecule has 0 saturated heterocycles. The maximum absolute atomic E-state index is 11.7. The molecule has 5 heteroatoms. The topological polar surface area (TPSA) is 65.5 Å². The molecular weight excluding hydrogens is 210 g/mol. The Morgan fingerprint density at radius 2 is 2.19 bits per heavy atom. The second-order valence-electron chi connectivity index (χ2n) is 2.97. The lowest BCUT2D eigenvalue weighted by molar-refractivity contribution is -0.139. The molecule has 0 unspecified atom stereocenters. The molecule has 1 aromatic rings. The fraction of sp³-hybridized carbons (Fsp3) is 0.364. The van der Waals surface area contributed by atoms with E-state index in [0.29, 0.717) is 12.2 Å². The van der Waals surface area contributed by atoms with E-state index < -0.39 is 5.97 Å². The SMILES string of the molecule is CCOc1ncccc1C(=O)CC(=O)OC. The van der Waals surface area contributed by atoms with Crippen molar-refractivity contribution >= 4 is 11.8 Å². The van der Waals surface area contributed by atoms with Crippen LogP contribution in [0.4, 0.5) is 0 Å². The number of Topliss-reactive ketones (excluding diaryl/α,β-unsaturated/α-hetero) is 1. The van der Waals surface area contributed by atoms with Crippen LogP contribution in [0.5, 0.6) is 5.88 Å². The molecule has 0 N–H and O–H groups in total. The molecule has 1 rings (SSSR count). The summed E-state index contributed by atoms with van der Waals surface area (Å²) in [6.07, 6.45) is 1.22. The van der Waals surface area contributed by atoms with Crippen LogP contribution < -0.4 is 4.74 Å². The number of hydrogen-bond donors (Lipinski definition) is 0. The largest absolute Gasteiger partial charge is 0.477 e. The molecule has 0 aliphatic carbocycles. The predicted octanol–water partition coefficient (Wildman–Crippen LogP) is 1.23. The van der Waals surface area contributed by atoms with Gasteiger partial charge in [-0.05, 0) is 19.1 Å². The monoisotopic (exact) mass is 223 g/mol. The van der Waals surface area contributed by atoms with Crippen molar-refractivity contribution in [3.8, 4) is 5.88 Å². The molecule has 5 nitrogen and oxygen atoms in total. The molecule has 0 aromatic carbocycles. The van der Waals surface area contributed by atoms with E-state index in [0.717, 1.165) is 0 Å². The van der Waals surface area contributed by atoms with Gasteiger partial charge in [-0.2, -0.15) is 0 Å². The van der Waals surface area contributed by atoms with Crippen molar-refractivity contribution in [1.82, 2.24) is 4.98 Å². The average Bonchev–Trinajstić information content (AvgIpc) is 2.30. The zero-order valence-electron chi connectivity index (χ0n) is 9.23. The van der Waals surface area contributed by atoms with E-state index in [4.69, 9.17) is 4.74 Å². The van der Waals surface area contributed by atoms with Crippen LogP contribution in [0.1, 0.15) is 23.7 Å². The van der Waals surface area contributed by atoms with Gasteiger partial charge in [-0.25, -0.2) is 4.98 Å². The number of hydrogen-bond acceptors (Lipinski definition) is 5. The summed E-state index contributed by atoms with van der Waals surface area (Å²) in [7, 11) is 1.24. The van der Waals surface area contributed by atoms with Gasteiger partial charge >= 0.3 is 5.97 Å². The van der Waals surface area contributed by atoms with Crippen LogP contribution >= 0.6 is 0 Å². The van der Waals surface area contributed by atoms with Crippen molar-refractivity contribution in [3.63, 3.8) is 0 Å². The number of ketones is 1. The van der Waals surface area contributed by atoms with E-state index in [1.807, 2.05) is 0 Å². The standard InChI is InChI=1S/C11H13NO4/c1-3-16-11-8(5-4-6-12-11)9(13)7-10(14)15-2/h4-6H,3,7H2,1-2H3. The molecule has 86 valence electrons. The Hall–Kier alpha value is -1.91. The summed E-state index contributed by atoms with van der Waals surface area (Å²) in [6.45, 7) is 2.21. The molecule has 0 spiro atoms. The first-order chi connectivity index (χ1) is 7.69.